The number of carbonyl (C=O) groups is 1. The summed E-state index contributed by atoms with van der Waals surface area (Å²) in [5, 5.41) is 0. The van der Waals surface area contributed by atoms with Crippen molar-refractivity contribution in [2.45, 2.75) is 51.0 Å². The molecule has 0 aromatic carbocycles. The standard InChI is InChI=1S/C11H24O2Si/c12-8-7-10-13-9-5-3-1-2-4-6-11-14/h8H,1-7,9-11H2,14H3. The molecular formula is C11H24O2Si. The third-order valence-electron chi connectivity index (χ3n) is 2.27. The van der Waals surface area contributed by atoms with Gasteiger partial charge in [0.05, 0.1) is 6.61 Å². The van der Waals surface area contributed by atoms with Gasteiger partial charge in [-0.1, -0.05) is 38.1 Å². The van der Waals surface area contributed by atoms with Gasteiger partial charge in [0, 0.05) is 23.3 Å². The molecule has 0 radical (unpaired) electrons. The van der Waals surface area contributed by atoms with Crippen molar-refractivity contribution in [2.24, 2.45) is 0 Å². The van der Waals surface area contributed by atoms with Gasteiger partial charge in [-0.05, 0) is 6.42 Å². The average molecular weight is 216 g/mol. The molecule has 0 aliphatic heterocycles. The summed E-state index contributed by atoms with van der Waals surface area (Å²) < 4.78 is 5.28. The van der Waals surface area contributed by atoms with E-state index in [1.165, 1.54) is 48.4 Å². The molecule has 0 heterocycles. The van der Waals surface area contributed by atoms with E-state index in [-0.39, 0.29) is 0 Å². The topological polar surface area (TPSA) is 26.3 Å². The Bertz CT molecular complexity index is 118. The van der Waals surface area contributed by atoms with Crippen LogP contribution in [0.4, 0.5) is 0 Å². The lowest BCUT2D eigenvalue weighted by Gasteiger charge is -2.02. The van der Waals surface area contributed by atoms with E-state index in [0.29, 0.717) is 13.0 Å². The van der Waals surface area contributed by atoms with Gasteiger partial charge in [-0.3, -0.25) is 0 Å². The fourth-order valence-electron chi connectivity index (χ4n) is 1.39. The van der Waals surface area contributed by atoms with Crippen LogP contribution >= 0.6 is 0 Å². The van der Waals surface area contributed by atoms with Crippen LogP contribution in [0.5, 0.6) is 0 Å². The first-order valence-corrected chi connectivity index (χ1v) is 7.34. The molecule has 2 nitrogen and oxygen atoms in total. The highest BCUT2D eigenvalue weighted by Gasteiger charge is 1.91. The van der Waals surface area contributed by atoms with Crippen molar-refractivity contribution >= 4 is 16.5 Å². The second-order valence-corrected chi connectivity index (χ2v) is 4.69. The van der Waals surface area contributed by atoms with Crippen LogP contribution in [0.3, 0.4) is 0 Å². The highest BCUT2D eigenvalue weighted by Crippen LogP contribution is 2.06. The molecule has 0 atom stereocenters. The summed E-state index contributed by atoms with van der Waals surface area (Å²) in [6.45, 7) is 1.43. The molecule has 0 unspecified atom stereocenters. The third-order valence-corrected chi connectivity index (χ3v) is 2.98. The van der Waals surface area contributed by atoms with Gasteiger partial charge in [0.2, 0.25) is 0 Å². The van der Waals surface area contributed by atoms with Crippen LogP contribution in [0.15, 0.2) is 0 Å². The van der Waals surface area contributed by atoms with E-state index in [0.717, 1.165) is 19.3 Å². The molecule has 0 saturated heterocycles. The Morgan fingerprint density at radius 1 is 0.929 bits per heavy atom. The van der Waals surface area contributed by atoms with Crippen LogP contribution in [0, 0.1) is 0 Å². The fraction of sp³-hybridized carbons (Fsp3) is 0.909. The summed E-state index contributed by atoms with van der Waals surface area (Å²) >= 11 is 0. The zero-order chi connectivity index (χ0) is 10.5. The minimum atomic E-state index is 0.542. The molecule has 0 spiro atoms. The maximum Gasteiger partial charge on any atom is 0.122 e. The zero-order valence-corrected chi connectivity index (χ0v) is 11.5. The number of carbonyl (C=O) groups excluding carboxylic acids is 1. The number of unbranched alkanes of at least 4 members (excludes halogenated alkanes) is 5. The van der Waals surface area contributed by atoms with Crippen molar-refractivity contribution in [3.8, 4) is 0 Å². The number of aldehydes is 1. The summed E-state index contributed by atoms with van der Waals surface area (Å²) in [5.74, 6) is 0. The van der Waals surface area contributed by atoms with Gasteiger partial charge in [-0.2, -0.15) is 0 Å². The van der Waals surface area contributed by atoms with Crippen LogP contribution in [0.25, 0.3) is 0 Å². The Morgan fingerprint density at radius 2 is 1.57 bits per heavy atom. The van der Waals surface area contributed by atoms with Crippen molar-refractivity contribution in [1.29, 1.82) is 0 Å². The molecule has 0 rings (SSSR count). The lowest BCUT2D eigenvalue weighted by molar-refractivity contribution is -0.108. The highest BCUT2D eigenvalue weighted by molar-refractivity contribution is 6.08. The maximum atomic E-state index is 9.96. The smallest absolute Gasteiger partial charge is 0.122 e. The predicted octanol–water partition coefficient (Wildman–Crippen LogP) is 1.72. The van der Waals surface area contributed by atoms with Crippen molar-refractivity contribution < 1.29 is 9.53 Å². The Kier molecular flexibility index (Phi) is 12.7. The molecule has 0 N–H and O–H groups in total. The fourth-order valence-corrected chi connectivity index (χ4v) is 1.89. The molecule has 0 bridgehead atoms. The summed E-state index contributed by atoms with van der Waals surface area (Å²) in [4.78, 5) is 9.96. The van der Waals surface area contributed by atoms with Crippen molar-refractivity contribution in [3.63, 3.8) is 0 Å². The van der Waals surface area contributed by atoms with Gasteiger partial charge in [0.25, 0.3) is 0 Å². The van der Waals surface area contributed by atoms with Crippen LogP contribution < -0.4 is 0 Å². The predicted molar refractivity (Wildman–Crippen MR) is 63.9 cm³/mol. The van der Waals surface area contributed by atoms with E-state index < -0.39 is 0 Å². The zero-order valence-electron chi connectivity index (χ0n) is 9.46. The van der Waals surface area contributed by atoms with Gasteiger partial charge in [-0.15, -0.1) is 0 Å². The van der Waals surface area contributed by atoms with Crippen LogP contribution in [-0.4, -0.2) is 29.7 Å². The van der Waals surface area contributed by atoms with Gasteiger partial charge in [-0.25, -0.2) is 0 Å². The molecule has 84 valence electrons. The van der Waals surface area contributed by atoms with Crippen molar-refractivity contribution in [2.75, 3.05) is 13.2 Å². The van der Waals surface area contributed by atoms with Crippen molar-refractivity contribution in [1.82, 2.24) is 0 Å². The summed E-state index contributed by atoms with van der Waals surface area (Å²) in [6, 6.07) is 1.45. The second kappa shape index (κ2) is 12.8. The normalized spacial score (nSPS) is 10.6. The molecule has 0 fully saturated rings. The van der Waals surface area contributed by atoms with Crippen molar-refractivity contribution in [3.05, 3.63) is 0 Å². The maximum absolute atomic E-state index is 9.96. The molecule has 0 aliphatic rings. The quantitative estimate of drug-likeness (QED) is 0.299. The molecule has 14 heavy (non-hydrogen) atoms. The summed E-state index contributed by atoms with van der Waals surface area (Å²) in [7, 11) is 1.36. The SMILES string of the molecule is O=CCCOCCCCCCCC[SiH3]. The molecular weight excluding hydrogens is 192 g/mol. The molecule has 3 heteroatoms. The average Bonchev–Trinajstić information content (AvgIpc) is 2.21. The number of hydrogen-bond donors (Lipinski definition) is 0. The number of ether oxygens (including phenoxy) is 1. The van der Waals surface area contributed by atoms with Crippen LogP contribution in [0.1, 0.15) is 44.9 Å². The van der Waals surface area contributed by atoms with E-state index in [9.17, 15) is 4.79 Å². The molecule has 0 aliphatic carbocycles. The van der Waals surface area contributed by atoms with E-state index in [4.69, 9.17) is 4.74 Å². The van der Waals surface area contributed by atoms with E-state index in [1.807, 2.05) is 0 Å². The first-order chi connectivity index (χ1) is 6.91. The van der Waals surface area contributed by atoms with Gasteiger partial charge < -0.3 is 9.53 Å². The van der Waals surface area contributed by atoms with Gasteiger partial charge >= 0.3 is 0 Å². The molecule has 0 amide bonds. The Balaban J connectivity index is 2.81. The number of rotatable bonds is 11. The lowest BCUT2D eigenvalue weighted by Crippen LogP contribution is -1.97. The summed E-state index contributed by atoms with van der Waals surface area (Å²) in [5.41, 5.74) is 0. The minimum absolute atomic E-state index is 0.542. The van der Waals surface area contributed by atoms with Crippen LogP contribution in [0.2, 0.25) is 6.04 Å². The largest absolute Gasteiger partial charge is 0.381 e. The Hall–Kier alpha value is -0.153. The lowest BCUT2D eigenvalue weighted by atomic mass is 10.1. The Morgan fingerprint density at radius 3 is 2.21 bits per heavy atom. The summed E-state index contributed by atoms with van der Waals surface area (Å²) in [6.07, 6.45) is 9.46. The van der Waals surface area contributed by atoms with Gasteiger partial charge in [0.15, 0.2) is 0 Å². The molecule has 0 saturated carbocycles. The molecule has 0 aromatic rings. The minimum Gasteiger partial charge on any atom is -0.381 e. The monoisotopic (exact) mass is 216 g/mol. The first-order valence-electron chi connectivity index (χ1n) is 5.93. The van der Waals surface area contributed by atoms with E-state index in [2.05, 4.69) is 0 Å². The Labute approximate surface area is 90.8 Å². The van der Waals surface area contributed by atoms with E-state index in [1.54, 1.807) is 0 Å². The second-order valence-electron chi connectivity index (χ2n) is 3.69. The first kappa shape index (κ1) is 13.8. The third kappa shape index (κ3) is 11.8. The molecule has 0 aromatic heterocycles. The van der Waals surface area contributed by atoms with Gasteiger partial charge in [0.1, 0.15) is 6.29 Å². The number of hydrogen-bond acceptors (Lipinski definition) is 2. The van der Waals surface area contributed by atoms with E-state index >= 15 is 0 Å². The van der Waals surface area contributed by atoms with Crippen LogP contribution in [-0.2, 0) is 9.53 Å². The highest BCUT2D eigenvalue weighted by atomic mass is 28.1.